The van der Waals surface area contributed by atoms with Crippen molar-refractivity contribution in [2.45, 2.75) is 32.1 Å². The van der Waals surface area contributed by atoms with Crippen LogP contribution in [0.1, 0.15) is 31.2 Å². The number of amides is 1. The van der Waals surface area contributed by atoms with Gasteiger partial charge in [0.05, 0.1) is 10.4 Å². The van der Waals surface area contributed by atoms with Gasteiger partial charge in [-0.05, 0) is 37.0 Å². The lowest BCUT2D eigenvalue weighted by atomic mass is 9.84. The quantitative estimate of drug-likeness (QED) is 0.842. The maximum absolute atomic E-state index is 12.7. The van der Waals surface area contributed by atoms with E-state index in [-0.39, 0.29) is 5.91 Å². The highest BCUT2D eigenvalue weighted by molar-refractivity contribution is 7.80. The van der Waals surface area contributed by atoms with Crippen LogP contribution < -0.4 is 5.73 Å². The molecule has 1 aliphatic rings. The molecule has 4 nitrogen and oxygen atoms in total. The fourth-order valence-corrected chi connectivity index (χ4v) is 3.15. The molecule has 0 saturated heterocycles. The maximum atomic E-state index is 12.7. The first kappa shape index (κ1) is 14.9. The van der Waals surface area contributed by atoms with Gasteiger partial charge >= 0.3 is 0 Å². The summed E-state index contributed by atoms with van der Waals surface area (Å²) in [5.41, 5.74) is 6.44. The minimum atomic E-state index is -0.595. The second-order valence-electron chi connectivity index (χ2n) is 5.49. The number of rotatable bonds is 5. The summed E-state index contributed by atoms with van der Waals surface area (Å²) in [6.07, 6.45) is 8.00. The predicted octanol–water partition coefficient (Wildman–Crippen LogP) is 1.93. The van der Waals surface area contributed by atoms with Gasteiger partial charge in [0, 0.05) is 26.0 Å². The summed E-state index contributed by atoms with van der Waals surface area (Å²) in [6, 6.07) is 3.94. The summed E-state index contributed by atoms with van der Waals surface area (Å²) >= 11 is 5.16. The number of pyridine rings is 1. The topological polar surface area (TPSA) is 59.2 Å². The molecule has 2 rings (SSSR count). The van der Waals surface area contributed by atoms with Crippen molar-refractivity contribution < 1.29 is 4.79 Å². The SMILES string of the molecule is CN(CCc1ccncc1)C(=O)C1(C(N)=S)CCCC1. The van der Waals surface area contributed by atoms with Gasteiger partial charge in [0.2, 0.25) is 5.91 Å². The van der Waals surface area contributed by atoms with Crippen molar-refractivity contribution in [2.24, 2.45) is 11.1 Å². The van der Waals surface area contributed by atoms with Gasteiger partial charge in [-0.2, -0.15) is 0 Å². The zero-order valence-electron chi connectivity index (χ0n) is 11.8. The number of thiocarbonyl (C=S) groups is 1. The molecule has 1 aliphatic carbocycles. The third kappa shape index (κ3) is 2.98. The van der Waals surface area contributed by atoms with Gasteiger partial charge in [0.25, 0.3) is 0 Å². The fourth-order valence-electron chi connectivity index (χ4n) is 2.86. The number of hydrogen-bond acceptors (Lipinski definition) is 3. The fraction of sp³-hybridized carbons (Fsp3) is 0.533. The van der Waals surface area contributed by atoms with Crippen LogP contribution in [-0.4, -0.2) is 34.4 Å². The van der Waals surface area contributed by atoms with Gasteiger partial charge in [0.1, 0.15) is 0 Å². The van der Waals surface area contributed by atoms with Crippen LogP contribution in [0.3, 0.4) is 0 Å². The van der Waals surface area contributed by atoms with Crippen molar-refractivity contribution in [3.05, 3.63) is 30.1 Å². The Morgan fingerprint density at radius 2 is 2.00 bits per heavy atom. The Morgan fingerprint density at radius 1 is 1.40 bits per heavy atom. The second-order valence-corrected chi connectivity index (χ2v) is 5.93. The smallest absolute Gasteiger partial charge is 0.235 e. The van der Waals surface area contributed by atoms with E-state index in [0.717, 1.165) is 32.1 Å². The summed E-state index contributed by atoms with van der Waals surface area (Å²) < 4.78 is 0. The van der Waals surface area contributed by atoms with E-state index >= 15 is 0 Å². The minimum absolute atomic E-state index is 0.0801. The third-order valence-corrected chi connectivity index (χ3v) is 4.56. The molecule has 0 atom stereocenters. The van der Waals surface area contributed by atoms with Crippen LogP contribution in [0, 0.1) is 5.41 Å². The number of likely N-dealkylation sites (N-methyl/N-ethyl adjacent to an activating group) is 1. The molecule has 0 bridgehead atoms. The first-order valence-electron chi connectivity index (χ1n) is 7.01. The highest BCUT2D eigenvalue weighted by Gasteiger charge is 2.45. The van der Waals surface area contributed by atoms with E-state index < -0.39 is 5.41 Å². The van der Waals surface area contributed by atoms with Gasteiger partial charge in [-0.25, -0.2) is 0 Å². The number of nitrogens with zero attached hydrogens (tertiary/aromatic N) is 2. The zero-order valence-corrected chi connectivity index (χ0v) is 12.7. The lowest BCUT2D eigenvalue weighted by Crippen LogP contribution is -2.48. The molecular formula is C15H21N3OS. The molecular weight excluding hydrogens is 270 g/mol. The number of carbonyl (C=O) groups is 1. The molecule has 108 valence electrons. The van der Waals surface area contributed by atoms with Crippen LogP contribution in [-0.2, 0) is 11.2 Å². The Labute approximate surface area is 125 Å². The normalized spacial score (nSPS) is 16.9. The Balaban J connectivity index is 1.99. The van der Waals surface area contributed by atoms with Crippen LogP contribution in [0.5, 0.6) is 0 Å². The van der Waals surface area contributed by atoms with Crippen LogP contribution in [0.25, 0.3) is 0 Å². The van der Waals surface area contributed by atoms with Crippen LogP contribution in [0.4, 0.5) is 0 Å². The standard InChI is InChI=1S/C15H21N3OS/c1-18(11-6-12-4-9-17-10-5-12)14(19)15(13(16)20)7-2-3-8-15/h4-5,9-10H,2-3,6-8,11H2,1H3,(H2,16,20). The van der Waals surface area contributed by atoms with Crippen LogP contribution >= 0.6 is 12.2 Å². The van der Waals surface area contributed by atoms with Crippen molar-refractivity contribution in [1.82, 2.24) is 9.88 Å². The minimum Gasteiger partial charge on any atom is -0.392 e. The molecule has 0 spiro atoms. The first-order chi connectivity index (χ1) is 9.56. The molecule has 0 aliphatic heterocycles. The molecule has 0 radical (unpaired) electrons. The zero-order chi connectivity index (χ0) is 14.6. The summed E-state index contributed by atoms with van der Waals surface area (Å²) in [4.78, 5) is 18.8. The molecule has 2 N–H and O–H groups in total. The highest BCUT2D eigenvalue weighted by Crippen LogP contribution is 2.39. The molecule has 1 heterocycles. The van der Waals surface area contributed by atoms with E-state index in [4.69, 9.17) is 18.0 Å². The monoisotopic (exact) mass is 291 g/mol. The molecule has 1 aromatic heterocycles. The molecule has 1 aromatic rings. The summed E-state index contributed by atoms with van der Waals surface area (Å²) in [5.74, 6) is 0.0801. The summed E-state index contributed by atoms with van der Waals surface area (Å²) in [6.45, 7) is 0.674. The lowest BCUT2D eigenvalue weighted by Gasteiger charge is -2.31. The second kappa shape index (κ2) is 6.31. The van der Waals surface area contributed by atoms with E-state index in [2.05, 4.69) is 4.98 Å². The number of nitrogens with two attached hydrogens (primary N) is 1. The van der Waals surface area contributed by atoms with E-state index in [1.807, 2.05) is 19.2 Å². The van der Waals surface area contributed by atoms with Gasteiger partial charge in [-0.3, -0.25) is 9.78 Å². The third-order valence-electron chi connectivity index (χ3n) is 4.17. The molecule has 5 heteroatoms. The van der Waals surface area contributed by atoms with E-state index in [1.165, 1.54) is 5.56 Å². The lowest BCUT2D eigenvalue weighted by molar-refractivity contribution is -0.136. The molecule has 1 saturated carbocycles. The first-order valence-corrected chi connectivity index (χ1v) is 7.41. The Bertz CT molecular complexity index is 483. The Kier molecular flexibility index (Phi) is 4.70. The van der Waals surface area contributed by atoms with Crippen molar-refractivity contribution in [1.29, 1.82) is 0 Å². The number of hydrogen-bond donors (Lipinski definition) is 1. The Morgan fingerprint density at radius 3 is 2.55 bits per heavy atom. The Hall–Kier alpha value is -1.49. The average Bonchev–Trinajstić information content (AvgIpc) is 2.96. The molecule has 1 amide bonds. The molecule has 1 fully saturated rings. The van der Waals surface area contributed by atoms with Gasteiger partial charge in [-0.1, -0.05) is 25.1 Å². The molecule has 20 heavy (non-hydrogen) atoms. The van der Waals surface area contributed by atoms with E-state index in [1.54, 1.807) is 17.3 Å². The van der Waals surface area contributed by atoms with E-state index in [9.17, 15) is 4.79 Å². The van der Waals surface area contributed by atoms with Crippen LogP contribution in [0.15, 0.2) is 24.5 Å². The predicted molar refractivity (Wildman–Crippen MR) is 83.3 cm³/mol. The van der Waals surface area contributed by atoms with Gasteiger partial charge in [0.15, 0.2) is 0 Å². The molecule has 0 aromatic carbocycles. The summed E-state index contributed by atoms with van der Waals surface area (Å²) in [5, 5.41) is 0. The maximum Gasteiger partial charge on any atom is 0.235 e. The van der Waals surface area contributed by atoms with Crippen molar-refractivity contribution >= 4 is 23.1 Å². The van der Waals surface area contributed by atoms with E-state index in [0.29, 0.717) is 11.5 Å². The largest absolute Gasteiger partial charge is 0.392 e. The van der Waals surface area contributed by atoms with Crippen molar-refractivity contribution in [3.63, 3.8) is 0 Å². The summed E-state index contributed by atoms with van der Waals surface area (Å²) in [7, 11) is 1.84. The van der Waals surface area contributed by atoms with Gasteiger partial charge < -0.3 is 10.6 Å². The van der Waals surface area contributed by atoms with Crippen molar-refractivity contribution in [2.75, 3.05) is 13.6 Å². The van der Waals surface area contributed by atoms with Gasteiger partial charge in [-0.15, -0.1) is 0 Å². The van der Waals surface area contributed by atoms with Crippen molar-refractivity contribution in [3.8, 4) is 0 Å². The number of aromatic nitrogens is 1. The average molecular weight is 291 g/mol. The molecule has 0 unspecified atom stereocenters. The number of carbonyl (C=O) groups excluding carboxylic acids is 1. The highest BCUT2D eigenvalue weighted by atomic mass is 32.1. The van der Waals surface area contributed by atoms with Crippen LogP contribution in [0.2, 0.25) is 0 Å².